The zero-order valence-corrected chi connectivity index (χ0v) is 14.2. The molecule has 1 saturated carbocycles. The summed E-state index contributed by atoms with van der Waals surface area (Å²) in [6, 6.07) is 2.16. The zero-order chi connectivity index (χ0) is 14.7. The molecule has 0 aromatic carbocycles. The highest BCUT2D eigenvalue weighted by Crippen LogP contribution is 2.32. The first kappa shape index (κ1) is 16.3. The summed E-state index contributed by atoms with van der Waals surface area (Å²) in [5, 5.41) is 3.76. The van der Waals surface area contributed by atoms with E-state index in [9.17, 15) is 0 Å². The fourth-order valence-electron chi connectivity index (χ4n) is 4.71. The summed E-state index contributed by atoms with van der Waals surface area (Å²) >= 11 is 0. The predicted octanol–water partition coefficient (Wildman–Crippen LogP) is 2.43. The molecule has 20 heavy (non-hydrogen) atoms. The number of rotatable bonds is 5. The van der Waals surface area contributed by atoms with Crippen LogP contribution in [0.3, 0.4) is 0 Å². The van der Waals surface area contributed by atoms with Gasteiger partial charge in [0.05, 0.1) is 0 Å². The second-order valence-corrected chi connectivity index (χ2v) is 7.42. The van der Waals surface area contributed by atoms with Gasteiger partial charge in [-0.05, 0) is 64.7 Å². The van der Waals surface area contributed by atoms with Gasteiger partial charge in [0.15, 0.2) is 0 Å². The van der Waals surface area contributed by atoms with E-state index in [2.05, 4.69) is 50.0 Å². The summed E-state index contributed by atoms with van der Waals surface area (Å²) in [4.78, 5) is 5.21. The summed E-state index contributed by atoms with van der Waals surface area (Å²) in [5.41, 5.74) is 0. The predicted molar refractivity (Wildman–Crippen MR) is 87.1 cm³/mol. The van der Waals surface area contributed by atoms with Gasteiger partial charge in [0.1, 0.15) is 0 Å². The number of likely N-dealkylation sites (N-methyl/N-ethyl adjacent to an activating group) is 3. The van der Waals surface area contributed by atoms with E-state index >= 15 is 0 Å². The molecule has 2 aliphatic rings. The Morgan fingerprint density at radius 3 is 2.60 bits per heavy atom. The maximum atomic E-state index is 3.76. The highest BCUT2D eigenvalue weighted by atomic mass is 15.2. The molecule has 3 nitrogen and oxygen atoms in total. The molecule has 0 aromatic heterocycles. The second kappa shape index (κ2) is 7.24. The molecule has 1 N–H and O–H groups in total. The van der Waals surface area contributed by atoms with Crippen molar-refractivity contribution in [2.75, 3.05) is 33.7 Å². The number of hydrogen-bond acceptors (Lipinski definition) is 3. The topological polar surface area (TPSA) is 18.5 Å². The lowest BCUT2D eigenvalue weighted by Gasteiger charge is -2.45. The van der Waals surface area contributed by atoms with Crippen LogP contribution in [0.1, 0.15) is 46.5 Å². The lowest BCUT2D eigenvalue weighted by Crippen LogP contribution is -2.57. The van der Waals surface area contributed by atoms with Crippen LogP contribution in [-0.4, -0.2) is 61.7 Å². The van der Waals surface area contributed by atoms with E-state index in [0.29, 0.717) is 12.1 Å². The van der Waals surface area contributed by atoms with Gasteiger partial charge in [-0.1, -0.05) is 20.8 Å². The minimum Gasteiger partial charge on any atom is -0.313 e. The fourth-order valence-corrected chi connectivity index (χ4v) is 4.71. The number of nitrogens with zero attached hydrogens (tertiary/aromatic N) is 2. The quantitative estimate of drug-likeness (QED) is 0.835. The molecule has 2 fully saturated rings. The van der Waals surface area contributed by atoms with Gasteiger partial charge in [-0.25, -0.2) is 0 Å². The number of likely N-dealkylation sites (tertiary alicyclic amines) is 1. The molecule has 5 unspecified atom stereocenters. The molecule has 2 rings (SSSR count). The van der Waals surface area contributed by atoms with Crippen molar-refractivity contribution in [2.45, 2.75) is 64.6 Å². The van der Waals surface area contributed by atoms with Crippen molar-refractivity contribution in [1.82, 2.24) is 15.1 Å². The average Bonchev–Trinajstić information content (AvgIpc) is 2.74. The molecule has 0 aromatic rings. The highest BCUT2D eigenvalue weighted by molar-refractivity contribution is 4.94. The first-order valence-corrected chi connectivity index (χ1v) is 8.66. The Bertz CT molecular complexity index is 294. The van der Waals surface area contributed by atoms with Crippen LogP contribution in [0.15, 0.2) is 0 Å². The molecule has 1 aliphatic carbocycles. The third kappa shape index (κ3) is 3.75. The molecule has 5 atom stereocenters. The minimum absolute atomic E-state index is 0.676. The van der Waals surface area contributed by atoms with Crippen LogP contribution < -0.4 is 5.32 Å². The fraction of sp³-hybridized carbons (Fsp3) is 1.00. The monoisotopic (exact) mass is 281 g/mol. The third-order valence-electron chi connectivity index (χ3n) is 5.57. The Hall–Kier alpha value is -0.120. The van der Waals surface area contributed by atoms with Crippen molar-refractivity contribution in [2.24, 2.45) is 11.8 Å². The van der Waals surface area contributed by atoms with E-state index in [1.807, 2.05) is 0 Å². The Kier molecular flexibility index (Phi) is 5.88. The summed E-state index contributed by atoms with van der Waals surface area (Å²) < 4.78 is 0. The van der Waals surface area contributed by atoms with E-state index in [4.69, 9.17) is 0 Å². The molecule has 1 aliphatic heterocycles. The van der Waals surface area contributed by atoms with Crippen LogP contribution in [0.5, 0.6) is 0 Å². The summed E-state index contributed by atoms with van der Waals surface area (Å²) in [6.07, 6.45) is 5.48. The standard InChI is InChI=1S/C17H35N3/c1-6-18-16-11-13(2)10-14(3)17(16)20(5)12-15-8-7-9-19(15)4/h13-18H,6-12H2,1-5H3. The molecule has 118 valence electrons. The van der Waals surface area contributed by atoms with Crippen molar-refractivity contribution in [3.8, 4) is 0 Å². The third-order valence-corrected chi connectivity index (χ3v) is 5.57. The van der Waals surface area contributed by atoms with Crippen LogP contribution in [0, 0.1) is 11.8 Å². The summed E-state index contributed by atoms with van der Waals surface area (Å²) in [7, 11) is 4.65. The van der Waals surface area contributed by atoms with Crippen molar-refractivity contribution in [3.05, 3.63) is 0 Å². The van der Waals surface area contributed by atoms with Gasteiger partial charge in [-0.3, -0.25) is 0 Å². The maximum absolute atomic E-state index is 3.76. The molecular formula is C17H35N3. The van der Waals surface area contributed by atoms with Gasteiger partial charge in [-0.2, -0.15) is 0 Å². The SMILES string of the molecule is CCNC1CC(C)CC(C)C1N(C)CC1CCCN1C. The average molecular weight is 281 g/mol. The summed E-state index contributed by atoms with van der Waals surface area (Å²) in [6.45, 7) is 10.7. The lowest BCUT2D eigenvalue weighted by atomic mass is 9.76. The van der Waals surface area contributed by atoms with E-state index in [1.54, 1.807) is 0 Å². The normalized spacial score (nSPS) is 39.6. The Labute approximate surface area is 126 Å². The van der Waals surface area contributed by atoms with Gasteiger partial charge in [0.2, 0.25) is 0 Å². The minimum atomic E-state index is 0.676. The number of hydrogen-bond donors (Lipinski definition) is 1. The van der Waals surface area contributed by atoms with E-state index in [-0.39, 0.29) is 0 Å². The van der Waals surface area contributed by atoms with E-state index < -0.39 is 0 Å². The van der Waals surface area contributed by atoms with Gasteiger partial charge in [0.25, 0.3) is 0 Å². The molecule has 0 radical (unpaired) electrons. The van der Waals surface area contributed by atoms with Gasteiger partial charge < -0.3 is 15.1 Å². The smallest absolute Gasteiger partial charge is 0.0272 e. The molecule has 1 heterocycles. The summed E-state index contributed by atoms with van der Waals surface area (Å²) in [5.74, 6) is 1.67. The van der Waals surface area contributed by atoms with Crippen LogP contribution in [0.4, 0.5) is 0 Å². The van der Waals surface area contributed by atoms with Crippen LogP contribution in [0.2, 0.25) is 0 Å². The van der Waals surface area contributed by atoms with Crippen molar-refractivity contribution in [3.63, 3.8) is 0 Å². The molecule has 0 spiro atoms. The van der Waals surface area contributed by atoms with Crippen molar-refractivity contribution in [1.29, 1.82) is 0 Å². The molecule has 1 saturated heterocycles. The van der Waals surface area contributed by atoms with Crippen molar-refractivity contribution < 1.29 is 0 Å². The Morgan fingerprint density at radius 1 is 1.25 bits per heavy atom. The van der Waals surface area contributed by atoms with E-state index in [1.165, 1.54) is 38.8 Å². The first-order valence-electron chi connectivity index (χ1n) is 8.66. The number of nitrogens with one attached hydrogen (secondary N) is 1. The molecule has 3 heteroatoms. The maximum Gasteiger partial charge on any atom is 0.0272 e. The highest BCUT2D eigenvalue weighted by Gasteiger charge is 2.37. The van der Waals surface area contributed by atoms with Crippen LogP contribution in [-0.2, 0) is 0 Å². The van der Waals surface area contributed by atoms with Crippen LogP contribution in [0.25, 0.3) is 0 Å². The Morgan fingerprint density at radius 2 is 2.00 bits per heavy atom. The lowest BCUT2D eigenvalue weighted by molar-refractivity contribution is 0.0654. The second-order valence-electron chi connectivity index (χ2n) is 7.42. The van der Waals surface area contributed by atoms with Gasteiger partial charge in [-0.15, -0.1) is 0 Å². The van der Waals surface area contributed by atoms with Gasteiger partial charge >= 0.3 is 0 Å². The zero-order valence-electron chi connectivity index (χ0n) is 14.2. The Balaban J connectivity index is 1.98. The van der Waals surface area contributed by atoms with Crippen LogP contribution >= 0.6 is 0 Å². The van der Waals surface area contributed by atoms with Crippen molar-refractivity contribution >= 4 is 0 Å². The first-order chi connectivity index (χ1) is 9.52. The van der Waals surface area contributed by atoms with Gasteiger partial charge in [0, 0.05) is 24.7 Å². The molecular weight excluding hydrogens is 246 g/mol. The largest absolute Gasteiger partial charge is 0.313 e. The molecule has 0 amide bonds. The van der Waals surface area contributed by atoms with E-state index in [0.717, 1.165) is 24.4 Å². The molecule has 0 bridgehead atoms.